The molecule has 0 radical (unpaired) electrons. The predicted octanol–water partition coefficient (Wildman–Crippen LogP) is 2.83. The third-order valence-electron chi connectivity index (χ3n) is 7.59. The second-order valence-electron chi connectivity index (χ2n) is 10.6. The third-order valence-corrected chi connectivity index (χ3v) is 7.59. The van der Waals surface area contributed by atoms with Crippen LogP contribution in [-0.4, -0.2) is 79.6 Å². The van der Waals surface area contributed by atoms with Gasteiger partial charge in [0.1, 0.15) is 11.4 Å². The van der Waals surface area contributed by atoms with Crippen LogP contribution in [0.1, 0.15) is 40.4 Å². The fraction of sp³-hybridized carbons (Fsp3) is 0.281. The van der Waals surface area contributed by atoms with Crippen LogP contribution in [0.5, 0.6) is 0 Å². The van der Waals surface area contributed by atoms with Crippen molar-refractivity contribution in [3.8, 4) is 17.5 Å². The Morgan fingerprint density at radius 2 is 1.83 bits per heavy atom. The minimum atomic E-state index is -0.611. The van der Waals surface area contributed by atoms with Crippen molar-refractivity contribution in [3.05, 3.63) is 100.0 Å². The quantitative estimate of drug-likeness (QED) is 0.330. The highest BCUT2D eigenvalue weighted by atomic mass is 16.2. The zero-order chi connectivity index (χ0) is 29.2. The molecule has 0 aliphatic carbocycles. The lowest BCUT2D eigenvalue weighted by molar-refractivity contribution is 0.0938. The number of hydrogen-bond donors (Lipinski definition) is 1. The minimum absolute atomic E-state index is 0.236. The molecule has 4 heterocycles. The number of aromatic nitrogens is 5. The lowest BCUT2D eigenvalue weighted by Gasteiger charge is -2.30. The molecule has 1 saturated heterocycles. The van der Waals surface area contributed by atoms with E-state index in [0.717, 1.165) is 26.2 Å². The number of piperazine rings is 1. The van der Waals surface area contributed by atoms with Gasteiger partial charge in [0.15, 0.2) is 5.65 Å². The van der Waals surface area contributed by atoms with E-state index in [1.54, 1.807) is 34.5 Å². The summed E-state index contributed by atoms with van der Waals surface area (Å²) in [5, 5.41) is 7.89. The van der Waals surface area contributed by atoms with Crippen molar-refractivity contribution in [2.75, 3.05) is 39.8 Å². The van der Waals surface area contributed by atoms with Crippen LogP contribution in [0.15, 0.2) is 71.8 Å². The van der Waals surface area contributed by atoms with Crippen LogP contribution in [0.4, 0.5) is 0 Å². The molecule has 0 unspecified atom stereocenters. The number of aryl methyl sites for hydroxylation is 1. The van der Waals surface area contributed by atoms with Crippen LogP contribution >= 0.6 is 0 Å². The number of hydrogen-bond acceptors (Lipinski definition) is 7. The summed E-state index contributed by atoms with van der Waals surface area (Å²) in [5.41, 5.74) is 3.00. The van der Waals surface area contributed by atoms with E-state index in [2.05, 4.69) is 44.1 Å². The summed E-state index contributed by atoms with van der Waals surface area (Å²) in [6.45, 7) is 8.22. The number of carbonyl (C=O) groups is 1. The van der Waals surface area contributed by atoms with Crippen molar-refractivity contribution in [2.24, 2.45) is 0 Å². The molecule has 3 aromatic heterocycles. The lowest BCUT2D eigenvalue weighted by Crippen LogP contribution is -2.44. The fourth-order valence-electron chi connectivity index (χ4n) is 5.32. The zero-order valence-electron chi connectivity index (χ0n) is 23.9. The largest absolute Gasteiger partial charge is 0.342 e. The second-order valence-corrected chi connectivity index (χ2v) is 10.6. The summed E-state index contributed by atoms with van der Waals surface area (Å²) in [7, 11) is 2.13. The van der Waals surface area contributed by atoms with E-state index in [4.69, 9.17) is 4.98 Å². The number of benzene rings is 2. The minimum Gasteiger partial charge on any atom is -0.342 e. The number of para-hydroxylation sites is 1. The van der Waals surface area contributed by atoms with E-state index in [1.807, 2.05) is 55.5 Å². The molecular weight excluding hydrogens is 528 g/mol. The van der Waals surface area contributed by atoms with Gasteiger partial charge in [-0.1, -0.05) is 36.1 Å². The Labute approximate surface area is 243 Å². The maximum absolute atomic E-state index is 14.2. The molecule has 42 heavy (non-hydrogen) atoms. The van der Waals surface area contributed by atoms with Crippen LogP contribution in [-0.2, 0) is 0 Å². The van der Waals surface area contributed by atoms with Gasteiger partial charge in [-0.3, -0.25) is 19.1 Å². The second kappa shape index (κ2) is 11.6. The van der Waals surface area contributed by atoms with Crippen LogP contribution in [0.25, 0.3) is 22.2 Å². The summed E-state index contributed by atoms with van der Waals surface area (Å²) >= 11 is 0. The maximum Gasteiger partial charge on any atom is 0.267 e. The van der Waals surface area contributed by atoms with Crippen molar-refractivity contribution in [2.45, 2.75) is 19.9 Å². The summed E-state index contributed by atoms with van der Waals surface area (Å²) in [5.74, 6) is 6.59. The van der Waals surface area contributed by atoms with E-state index in [9.17, 15) is 9.59 Å². The third kappa shape index (κ3) is 5.28. The summed E-state index contributed by atoms with van der Waals surface area (Å²) in [6.07, 6.45) is 3.37. The Balaban J connectivity index is 1.39. The van der Waals surface area contributed by atoms with Gasteiger partial charge in [0.25, 0.3) is 11.5 Å². The van der Waals surface area contributed by atoms with Gasteiger partial charge in [0, 0.05) is 44.1 Å². The first-order valence-corrected chi connectivity index (χ1v) is 14.0. The van der Waals surface area contributed by atoms with E-state index < -0.39 is 6.04 Å². The van der Waals surface area contributed by atoms with Crippen LogP contribution in [0.3, 0.4) is 0 Å². The molecule has 1 atom stereocenters. The SMILES string of the molecule is Cc1nn2cccnc2c1C(=O)N[C@@H](C)c1nc2cccc(C#CCN3CCN(C)CC3)c2c(=O)n1-c1ccccc1. The van der Waals surface area contributed by atoms with E-state index in [-0.39, 0.29) is 11.5 Å². The van der Waals surface area contributed by atoms with Crippen molar-refractivity contribution in [1.29, 1.82) is 0 Å². The fourth-order valence-corrected chi connectivity index (χ4v) is 5.32. The number of nitrogens with one attached hydrogen (secondary N) is 1. The van der Waals surface area contributed by atoms with E-state index in [0.29, 0.717) is 51.4 Å². The van der Waals surface area contributed by atoms with Gasteiger partial charge in [-0.2, -0.15) is 5.10 Å². The molecule has 0 spiro atoms. The van der Waals surface area contributed by atoms with Crippen LogP contribution in [0, 0.1) is 18.8 Å². The van der Waals surface area contributed by atoms with Gasteiger partial charge in [-0.15, -0.1) is 0 Å². The summed E-state index contributed by atoms with van der Waals surface area (Å²) < 4.78 is 3.15. The molecular formula is C32H32N8O2. The highest BCUT2D eigenvalue weighted by molar-refractivity contribution is 6.01. The molecule has 1 N–H and O–H groups in total. The van der Waals surface area contributed by atoms with Gasteiger partial charge < -0.3 is 10.2 Å². The van der Waals surface area contributed by atoms with Gasteiger partial charge >= 0.3 is 0 Å². The van der Waals surface area contributed by atoms with Crippen molar-refractivity contribution < 1.29 is 4.79 Å². The number of likely N-dealkylation sites (N-methyl/N-ethyl adjacent to an activating group) is 1. The number of rotatable bonds is 5. The molecule has 1 fully saturated rings. The van der Waals surface area contributed by atoms with Gasteiger partial charge in [-0.05, 0) is 51.2 Å². The van der Waals surface area contributed by atoms with Crippen LogP contribution < -0.4 is 10.9 Å². The number of carbonyl (C=O) groups excluding carboxylic acids is 1. The van der Waals surface area contributed by atoms with Crippen molar-refractivity contribution in [1.82, 2.24) is 39.3 Å². The maximum atomic E-state index is 14.2. The Kier molecular flexibility index (Phi) is 7.52. The molecule has 10 heteroatoms. The number of nitrogens with zero attached hydrogens (tertiary/aromatic N) is 7. The highest BCUT2D eigenvalue weighted by Gasteiger charge is 2.24. The van der Waals surface area contributed by atoms with Gasteiger partial charge in [0.05, 0.1) is 34.9 Å². The lowest BCUT2D eigenvalue weighted by atomic mass is 10.1. The average molecular weight is 561 g/mol. The standard InChI is InChI=1S/C32H32N8O2/c1-22-27(30-33-15-9-17-39(30)36-22)31(41)34-23(2)29-35-26-14-7-10-24(11-8-16-38-20-18-37(3)19-21-38)28(26)32(42)40(29)25-12-5-4-6-13-25/h4-7,9-10,12-15,17,23H,16,18-21H2,1-3H3,(H,34,41)/t23-/m0/s1. The number of amides is 1. The summed E-state index contributed by atoms with van der Waals surface area (Å²) in [6, 6.07) is 16.0. The van der Waals surface area contributed by atoms with Crippen molar-refractivity contribution >= 4 is 22.5 Å². The normalized spacial score (nSPS) is 14.9. The molecule has 2 aromatic carbocycles. The zero-order valence-corrected chi connectivity index (χ0v) is 23.9. The Morgan fingerprint density at radius 3 is 2.62 bits per heavy atom. The molecule has 0 saturated carbocycles. The van der Waals surface area contributed by atoms with E-state index in [1.165, 1.54) is 0 Å². The predicted molar refractivity (Wildman–Crippen MR) is 162 cm³/mol. The molecule has 5 aromatic rings. The molecule has 1 aliphatic rings. The Morgan fingerprint density at radius 1 is 1.05 bits per heavy atom. The average Bonchev–Trinajstić information content (AvgIpc) is 3.34. The van der Waals surface area contributed by atoms with Gasteiger partial charge in [-0.25, -0.2) is 14.5 Å². The topological polar surface area (TPSA) is 101 Å². The highest BCUT2D eigenvalue weighted by Crippen LogP contribution is 2.21. The Bertz CT molecular complexity index is 1890. The van der Waals surface area contributed by atoms with E-state index >= 15 is 0 Å². The van der Waals surface area contributed by atoms with Gasteiger partial charge in [0.2, 0.25) is 0 Å². The molecule has 212 valence electrons. The molecule has 10 nitrogen and oxygen atoms in total. The molecule has 6 rings (SSSR count). The smallest absolute Gasteiger partial charge is 0.267 e. The van der Waals surface area contributed by atoms with Crippen molar-refractivity contribution in [3.63, 3.8) is 0 Å². The molecule has 1 aliphatic heterocycles. The summed E-state index contributed by atoms with van der Waals surface area (Å²) in [4.78, 5) is 41.6. The monoisotopic (exact) mass is 560 g/mol. The molecule has 1 amide bonds. The first-order chi connectivity index (χ1) is 20.4. The first kappa shape index (κ1) is 27.3. The molecule has 0 bridgehead atoms. The van der Waals surface area contributed by atoms with Crippen LogP contribution in [0.2, 0.25) is 0 Å². The first-order valence-electron chi connectivity index (χ1n) is 14.0. The number of fused-ring (bicyclic) bond motifs is 2. The Hall–Kier alpha value is -4.85.